The van der Waals surface area contributed by atoms with E-state index in [1.165, 1.54) is 0 Å². The summed E-state index contributed by atoms with van der Waals surface area (Å²) in [6.07, 6.45) is 4.68. The Kier molecular flexibility index (Phi) is 3.36. The number of benzene rings is 1. The zero-order valence-corrected chi connectivity index (χ0v) is 10.9. The van der Waals surface area contributed by atoms with Crippen molar-refractivity contribution in [3.8, 4) is 0 Å². The number of ether oxygens (including phenoxy) is 1. The second kappa shape index (κ2) is 5.15. The smallest absolute Gasteiger partial charge is 0.229 e. The Bertz CT molecular complexity index is 486. The first-order valence-corrected chi connectivity index (χ1v) is 6.60. The van der Waals surface area contributed by atoms with Crippen LogP contribution in [0, 0.1) is 5.92 Å². The Hall–Kier alpha value is -1.65. The molecule has 1 saturated heterocycles. The molecule has 1 aromatic rings. The van der Waals surface area contributed by atoms with Gasteiger partial charge in [0, 0.05) is 13.2 Å². The fraction of sp³-hybridized carbons (Fsp3) is 0.400. The monoisotopic (exact) mass is 258 g/mol. The number of hydrogen-bond acceptors (Lipinski definition) is 3. The topological polar surface area (TPSA) is 50.4 Å². The van der Waals surface area contributed by atoms with Gasteiger partial charge in [-0.1, -0.05) is 42.5 Å². The van der Waals surface area contributed by atoms with Crippen LogP contribution in [0.4, 0.5) is 0 Å². The molecule has 19 heavy (non-hydrogen) atoms. The number of hydrogen-bond donors (Lipinski definition) is 2. The van der Waals surface area contributed by atoms with Gasteiger partial charge in [0.2, 0.25) is 5.91 Å². The average Bonchev–Trinajstić information content (AvgIpc) is 2.47. The second-order valence-electron chi connectivity index (χ2n) is 5.02. The van der Waals surface area contributed by atoms with E-state index in [9.17, 15) is 4.79 Å². The molecule has 1 amide bonds. The molecular weight excluding hydrogens is 240 g/mol. The highest BCUT2D eigenvalue weighted by Gasteiger charge is 2.41. The molecule has 4 nitrogen and oxygen atoms in total. The van der Waals surface area contributed by atoms with Crippen molar-refractivity contribution in [3.63, 3.8) is 0 Å². The second-order valence-corrected chi connectivity index (χ2v) is 5.02. The number of nitrogens with one attached hydrogen (secondary N) is 2. The van der Waals surface area contributed by atoms with Crippen molar-refractivity contribution in [2.45, 2.75) is 24.7 Å². The van der Waals surface area contributed by atoms with Crippen LogP contribution in [-0.4, -0.2) is 25.2 Å². The molecule has 0 saturated carbocycles. The van der Waals surface area contributed by atoms with E-state index in [2.05, 4.69) is 16.7 Å². The van der Waals surface area contributed by atoms with E-state index in [4.69, 9.17) is 4.74 Å². The van der Waals surface area contributed by atoms with Crippen LogP contribution in [0.25, 0.3) is 0 Å². The van der Waals surface area contributed by atoms with Crippen LogP contribution < -0.4 is 10.6 Å². The summed E-state index contributed by atoms with van der Waals surface area (Å²) in [6.45, 7) is 0. The quantitative estimate of drug-likeness (QED) is 0.788. The first kappa shape index (κ1) is 12.4. The third-order valence-electron chi connectivity index (χ3n) is 3.88. The van der Waals surface area contributed by atoms with Crippen molar-refractivity contribution >= 4 is 5.91 Å². The normalized spacial score (nSPS) is 33.6. The lowest BCUT2D eigenvalue weighted by atomic mass is 9.83. The Labute approximate surface area is 112 Å². The van der Waals surface area contributed by atoms with E-state index < -0.39 is 0 Å². The molecule has 1 aliphatic heterocycles. The summed E-state index contributed by atoms with van der Waals surface area (Å²) >= 11 is 0. The number of carbonyl (C=O) groups is 1. The molecule has 0 aromatic heterocycles. The van der Waals surface area contributed by atoms with Crippen LogP contribution in [0.1, 0.15) is 18.2 Å². The molecule has 4 atom stereocenters. The van der Waals surface area contributed by atoms with Gasteiger partial charge >= 0.3 is 0 Å². The van der Waals surface area contributed by atoms with Crippen LogP contribution in [0.2, 0.25) is 0 Å². The lowest BCUT2D eigenvalue weighted by molar-refractivity contribution is -0.134. The van der Waals surface area contributed by atoms with Gasteiger partial charge in [-0.15, -0.1) is 0 Å². The molecule has 3 rings (SSSR count). The molecule has 1 heterocycles. The fourth-order valence-corrected chi connectivity index (χ4v) is 2.90. The maximum Gasteiger partial charge on any atom is 0.229 e. The van der Waals surface area contributed by atoms with E-state index in [0.717, 1.165) is 12.0 Å². The summed E-state index contributed by atoms with van der Waals surface area (Å²) in [6, 6.07) is 10.1. The highest BCUT2D eigenvalue weighted by molar-refractivity contribution is 5.82. The number of methoxy groups -OCH3 is 1. The van der Waals surface area contributed by atoms with Crippen molar-refractivity contribution in [3.05, 3.63) is 48.0 Å². The summed E-state index contributed by atoms with van der Waals surface area (Å²) in [5.74, 6) is -0.0798. The largest absolute Gasteiger partial charge is 0.376 e. The molecule has 1 aromatic carbocycles. The summed E-state index contributed by atoms with van der Waals surface area (Å²) in [7, 11) is 1.65. The molecule has 0 bridgehead atoms. The number of carbonyl (C=O) groups excluding carboxylic acids is 1. The first-order chi connectivity index (χ1) is 9.29. The minimum Gasteiger partial charge on any atom is -0.376 e. The van der Waals surface area contributed by atoms with Gasteiger partial charge < -0.3 is 10.1 Å². The third kappa shape index (κ3) is 2.29. The maximum absolute atomic E-state index is 12.3. The van der Waals surface area contributed by atoms with Crippen LogP contribution >= 0.6 is 0 Å². The molecule has 3 unspecified atom stereocenters. The summed E-state index contributed by atoms with van der Waals surface area (Å²) < 4.78 is 5.38. The lowest BCUT2D eigenvalue weighted by Crippen LogP contribution is -2.60. The predicted octanol–water partition coefficient (Wildman–Crippen LogP) is 1.36. The van der Waals surface area contributed by atoms with Gasteiger partial charge in [0.05, 0.1) is 12.0 Å². The van der Waals surface area contributed by atoms with Crippen molar-refractivity contribution in [1.82, 2.24) is 10.6 Å². The highest BCUT2D eigenvalue weighted by atomic mass is 16.5. The van der Waals surface area contributed by atoms with E-state index in [-0.39, 0.29) is 30.1 Å². The molecule has 100 valence electrons. The predicted molar refractivity (Wildman–Crippen MR) is 72.3 cm³/mol. The van der Waals surface area contributed by atoms with E-state index in [1.807, 2.05) is 36.4 Å². The van der Waals surface area contributed by atoms with Crippen LogP contribution in [0.3, 0.4) is 0 Å². The van der Waals surface area contributed by atoms with Crippen LogP contribution in [-0.2, 0) is 9.53 Å². The average molecular weight is 258 g/mol. The van der Waals surface area contributed by atoms with Crippen molar-refractivity contribution in [2.75, 3.05) is 7.11 Å². The number of amides is 1. The maximum atomic E-state index is 12.3. The Morgan fingerprint density at radius 2 is 2.05 bits per heavy atom. The van der Waals surface area contributed by atoms with Gasteiger partial charge in [-0.3, -0.25) is 10.1 Å². The minimum atomic E-state index is -0.144. The van der Waals surface area contributed by atoms with E-state index in [0.29, 0.717) is 0 Å². The molecule has 0 spiro atoms. The number of rotatable bonds is 2. The third-order valence-corrected chi connectivity index (χ3v) is 3.88. The first-order valence-electron chi connectivity index (χ1n) is 6.60. The van der Waals surface area contributed by atoms with Gasteiger partial charge in [0.15, 0.2) is 0 Å². The summed E-state index contributed by atoms with van der Waals surface area (Å²) in [5.41, 5.74) is 1.08. The fourth-order valence-electron chi connectivity index (χ4n) is 2.90. The molecule has 4 heteroatoms. The SMILES string of the molecule is COC1C=CCC2N[C@@H](c3ccccc3)NC(=O)C21. The number of fused-ring (bicyclic) bond motifs is 1. The van der Waals surface area contributed by atoms with Gasteiger partial charge in [0.1, 0.15) is 6.17 Å². The van der Waals surface area contributed by atoms with Crippen molar-refractivity contribution in [2.24, 2.45) is 5.92 Å². The van der Waals surface area contributed by atoms with E-state index in [1.54, 1.807) is 7.11 Å². The highest BCUT2D eigenvalue weighted by Crippen LogP contribution is 2.28. The molecule has 1 fully saturated rings. The Balaban J connectivity index is 1.82. The van der Waals surface area contributed by atoms with Crippen molar-refractivity contribution in [1.29, 1.82) is 0 Å². The van der Waals surface area contributed by atoms with Gasteiger partial charge in [-0.2, -0.15) is 0 Å². The molecule has 2 aliphatic rings. The summed E-state index contributed by atoms with van der Waals surface area (Å²) in [4.78, 5) is 12.3. The Morgan fingerprint density at radius 3 is 2.79 bits per heavy atom. The van der Waals surface area contributed by atoms with Crippen molar-refractivity contribution < 1.29 is 9.53 Å². The zero-order valence-electron chi connectivity index (χ0n) is 10.9. The van der Waals surface area contributed by atoms with E-state index >= 15 is 0 Å². The van der Waals surface area contributed by atoms with Gasteiger partial charge in [-0.25, -0.2) is 0 Å². The standard InChI is InChI=1S/C15H18N2O2/c1-19-12-9-5-8-11-13(12)15(18)17-14(16-11)10-6-3-2-4-7-10/h2-7,9,11-14,16H,8H2,1H3,(H,17,18)/t11?,12?,13?,14-/m1/s1. The summed E-state index contributed by atoms with van der Waals surface area (Å²) in [5, 5.41) is 6.54. The molecule has 2 N–H and O–H groups in total. The zero-order chi connectivity index (χ0) is 13.2. The lowest BCUT2D eigenvalue weighted by Gasteiger charge is -2.41. The molecule has 1 aliphatic carbocycles. The molecular formula is C15H18N2O2. The van der Waals surface area contributed by atoms with Crippen LogP contribution in [0.5, 0.6) is 0 Å². The minimum absolute atomic E-state index is 0.0637. The molecule has 0 radical (unpaired) electrons. The van der Waals surface area contributed by atoms with Gasteiger partial charge in [-0.05, 0) is 12.0 Å². The van der Waals surface area contributed by atoms with Crippen LogP contribution in [0.15, 0.2) is 42.5 Å². The van der Waals surface area contributed by atoms with Gasteiger partial charge in [0.25, 0.3) is 0 Å². The Morgan fingerprint density at radius 1 is 1.26 bits per heavy atom.